The van der Waals surface area contributed by atoms with Crippen molar-refractivity contribution in [2.24, 2.45) is 5.92 Å². The second-order valence-electron chi connectivity index (χ2n) is 3.67. The predicted molar refractivity (Wildman–Crippen MR) is 53.3 cm³/mol. The van der Waals surface area contributed by atoms with Gasteiger partial charge in [0.15, 0.2) is 0 Å². The Hall–Kier alpha value is -1.58. The van der Waals surface area contributed by atoms with E-state index in [4.69, 9.17) is 5.11 Å². The van der Waals surface area contributed by atoms with Crippen LogP contribution in [0.2, 0.25) is 0 Å². The summed E-state index contributed by atoms with van der Waals surface area (Å²) in [5, 5.41) is 18.0. The molecule has 15 heavy (non-hydrogen) atoms. The molecule has 82 valence electrons. The molecule has 3 nitrogen and oxygen atoms in total. The van der Waals surface area contributed by atoms with Gasteiger partial charge < -0.3 is 10.2 Å². The van der Waals surface area contributed by atoms with Crippen molar-refractivity contribution in [2.75, 3.05) is 0 Å². The minimum Gasteiger partial charge on any atom is -0.508 e. The largest absolute Gasteiger partial charge is 0.508 e. The average molecular weight is 212 g/mol. The summed E-state index contributed by atoms with van der Waals surface area (Å²) in [7, 11) is 0. The molecule has 0 fully saturated rings. The first-order chi connectivity index (χ1) is 6.91. The van der Waals surface area contributed by atoms with Gasteiger partial charge in [0.1, 0.15) is 11.6 Å². The number of phenolic OH excluding ortho intramolecular Hbond substituents is 1. The van der Waals surface area contributed by atoms with Gasteiger partial charge in [-0.25, -0.2) is 4.39 Å². The van der Waals surface area contributed by atoms with E-state index in [1.165, 1.54) is 26.0 Å². The van der Waals surface area contributed by atoms with Crippen LogP contribution in [-0.4, -0.2) is 16.2 Å². The Labute approximate surface area is 87.2 Å². The number of benzene rings is 1. The molecule has 1 aromatic carbocycles. The van der Waals surface area contributed by atoms with E-state index in [9.17, 15) is 14.3 Å². The second kappa shape index (κ2) is 4.29. The van der Waals surface area contributed by atoms with Gasteiger partial charge in [-0.3, -0.25) is 4.79 Å². The normalized spacial score (nSPS) is 12.5. The molecule has 0 aliphatic rings. The molecule has 0 aliphatic heterocycles. The molecule has 0 bridgehead atoms. The molecule has 0 amide bonds. The number of halogens is 1. The van der Waals surface area contributed by atoms with E-state index in [2.05, 4.69) is 0 Å². The summed E-state index contributed by atoms with van der Waals surface area (Å²) in [5.74, 6) is -2.17. The SMILES string of the molecule is Cc1c(O)cc(CC(C)C(=O)O)cc1F. The molecular weight excluding hydrogens is 199 g/mol. The molecule has 0 heterocycles. The number of phenols is 1. The maximum atomic E-state index is 13.2. The molecular formula is C11H13FO3. The molecule has 0 aromatic heterocycles. The lowest BCUT2D eigenvalue weighted by Crippen LogP contribution is -2.12. The Morgan fingerprint density at radius 2 is 2.13 bits per heavy atom. The number of carbonyl (C=O) groups is 1. The van der Waals surface area contributed by atoms with Crippen molar-refractivity contribution in [2.45, 2.75) is 20.3 Å². The monoisotopic (exact) mass is 212 g/mol. The van der Waals surface area contributed by atoms with Crippen LogP contribution in [0, 0.1) is 18.7 Å². The minimum atomic E-state index is -0.935. The number of carboxylic acids is 1. The topological polar surface area (TPSA) is 57.5 Å². The molecule has 0 spiro atoms. The molecule has 4 heteroatoms. The van der Waals surface area contributed by atoms with Crippen LogP contribution in [0.25, 0.3) is 0 Å². The molecule has 0 saturated heterocycles. The Morgan fingerprint density at radius 1 is 1.53 bits per heavy atom. The lowest BCUT2D eigenvalue weighted by atomic mass is 10.00. The fourth-order valence-electron chi connectivity index (χ4n) is 1.28. The van der Waals surface area contributed by atoms with Crippen LogP contribution in [-0.2, 0) is 11.2 Å². The summed E-state index contributed by atoms with van der Waals surface area (Å²) < 4.78 is 13.2. The zero-order valence-corrected chi connectivity index (χ0v) is 8.62. The second-order valence-corrected chi connectivity index (χ2v) is 3.67. The first-order valence-electron chi connectivity index (χ1n) is 4.62. The van der Waals surface area contributed by atoms with Crippen LogP contribution in [0.4, 0.5) is 4.39 Å². The van der Waals surface area contributed by atoms with E-state index in [1.54, 1.807) is 0 Å². The highest BCUT2D eigenvalue weighted by molar-refractivity contribution is 5.69. The van der Waals surface area contributed by atoms with Gasteiger partial charge in [-0.2, -0.15) is 0 Å². The number of rotatable bonds is 3. The summed E-state index contributed by atoms with van der Waals surface area (Å²) in [6, 6.07) is 2.66. The first-order valence-corrected chi connectivity index (χ1v) is 4.62. The number of aliphatic carboxylic acids is 1. The molecule has 0 aliphatic carbocycles. The zero-order chi connectivity index (χ0) is 11.6. The minimum absolute atomic E-state index is 0.136. The summed E-state index contributed by atoms with van der Waals surface area (Å²) in [6.07, 6.45) is 0.208. The molecule has 1 atom stereocenters. The van der Waals surface area contributed by atoms with E-state index in [0.717, 1.165) is 0 Å². The highest BCUT2D eigenvalue weighted by Gasteiger charge is 2.14. The number of aromatic hydroxyl groups is 1. The van der Waals surface area contributed by atoms with Gasteiger partial charge in [-0.1, -0.05) is 6.92 Å². The van der Waals surface area contributed by atoms with E-state index in [1.807, 2.05) is 0 Å². The van der Waals surface area contributed by atoms with Crippen LogP contribution in [0.15, 0.2) is 12.1 Å². The highest BCUT2D eigenvalue weighted by atomic mass is 19.1. The smallest absolute Gasteiger partial charge is 0.306 e. The van der Waals surface area contributed by atoms with Crippen molar-refractivity contribution in [1.82, 2.24) is 0 Å². The maximum absolute atomic E-state index is 13.2. The standard InChI is InChI=1S/C11H13FO3/c1-6(11(14)15)3-8-4-9(12)7(2)10(13)5-8/h4-6,13H,3H2,1-2H3,(H,14,15). The van der Waals surface area contributed by atoms with Crippen LogP contribution in [0.1, 0.15) is 18.1 Å². The van der Waals surface area contributed by atoms with Gasteiger partial charge in [0.25, 0.3) is 0 Å². The van der Waals surface area contributed by atoms with E-state index in [-0.39, 0.29) is 17.7 Å². The molecule has 0 saturated carbocycles. The lowest BCUT2D eigenvalue weighted by Gasteiger charge is -2.08. The van der Waals surface area contributed by atoms with Gasteiger partial charge >= 0.3 is 5.97 Å². The van der Waals surface area contributed by atoms with Crippen molar-refractivity contribution in [1.29, 1.82) is 0 Å². The van der Waals surface area contributed by atoms with Gasteiger partial charge in [-0.05, 0) is 31.0 Å². The van der Waals surface area contributed by atoms with E-state index < -0.39 is 17.7 Å². The van der Waals surface area contributed by atoms with Crippen molar-refractivity contribution in [3.05, 3.63) is 29.1 Å². The summed E-state index contributed by atoms with van der Waals surface area (Å²) in [6.45, 7) is 3.01. The Kier molecular flexibility index (Phi) is 3.29. The van der Waals surface area contributed by atoms with Gasteiger partial charge in [0.05, 0.1) is 5.92 Å². The average Bonchev–Trinajstić information content (AvgIpc) is 2.13. The summed E-state index contributed by atoms with van der Waals surface area (Å²) >= 11 is 0. The molecule has 1 aromatic rings. The predicted octanol–water partition coefficient (Wildman–Crippen LogP) is 2.10. The number of hydrogen-bond acceptors (Lipinski definition) is 2. The van der Waals surface area contributed by atoms with Crippen molar-refractivity contribution >= 4 is 5.97 Å². The molecule has 1 rings (SSSR count). The fourth-order valence-corrected chi connectivity index (χ4v) is 1.28. The number of hydrogen-bond donors (Lipinski definition) is 2. The van der Waals surface area contributed by atoms with Crippen molar-refractivity contribution in [3.8, 4) is 5.75 Å². The van der Waals surface area contributed by atoms with Gasteiger partial charge in [0.2, 0.25) is 0 Å². The van der Waals surface area contributed by atoms with Gasteiger partial charge in [-0.15, -0.1) is 0 Å². The third-order valence-electron chi connectivity index (χ3n) is 2.34. The Balaban J connectivity index is 2.92. The van der Waals surface area contributed by atoms with Crippen LogP contribution in [0.5, 0.6) is 5.75 Å². The highest BCUT2D eigenvalue weighted by Crippen LogP contribution is 2.23. The zero-order valence-electron chi connectivity index (χ0n) is 8.62. The number of carboxylic acid groups (broad SMARTS) is 1. The third-order valence-corrected chi connectivity index (χ3v) is 2.34. The molecule has 2 N–H and O–H groups in total. The summed E-state index contributed by atoms with van der Waals surface area (Å²) in [5.41, 5.74) is 0.673. The quantitative estimate of drug-likeness (QED) is 0.806. The first kappa shape index (κ1) is 11.5. The van der Waals surface area contributed by atoms with Crippen LogP contribution < -0.4 is 0 Å². The summed E-state index contributed by atoms with van der Waals surface area (Å²) in [4.78, 5) is 10.6. The fraction of sp³-hybridized carbons (Fsp3) is 0.364. The van der Waals surface area contributed by atoms with Gasteiger partial charge in [0, 0.05) is 5.56 Å². The third kappa shape index (κ3) is 2.68. The Morgan fingerprint density at radius 3 is 2.60 bits per heavy atom. The van der Waals surface area contributed by atoms with E-state index >= 15 is 0 Å². The van der Waals surface area contributed by atoms with Crippen LogP contribution in [0.3, 0.4) is 0 Å². The Bertz CT molecular complexity index is 364. The maximum Gasteiger partial charge on any atom is 0.306 e. The molecule has 0 radical (unpaired) electrons. The lowest BCUT2D eigenvalue weighted by molar-refractivity contribution is -0.141. The van der Waals surface area contributed by atoms with E-state index in [0.29, 0.717) is 5.56 Å². The molecule has 1 unspecified atom stereocenters. The van der Waals surface area contributed by atoms with Crippen LogP contribution >= 0.6 is 0 Å². The van der Waals surface area contributed by atoms with Crippen molar-refractivity contribution < 1.29 is 19.4 Å². The van der Waals surface area contributed by atoms with Crippen molar-refractivity contribution in [3.63, 3.8) is 0 Å².